The summed E-state index contributed by atoms with van der Waals surface area (Å²) in [5.74, 6) is 0.801. The zero-order chi connectivity index (χ0) is 15.9. The summed E-state index contributed by atoms with van der Waals surface area (Å²) in [6, 6.07) is 4.12. The first-order chi connectivity index (χ1) is 10.7. The number of carbonyl (C=O) groups excluding carboxylic acids is 1. The summed E-state index contributed by atoms with van der Waals surface area (Å²) in [7, 11) is 1.64. The minimum absolute atomic E-state index is 0.113. The Morgan fingerprint density at radius 1 is 1.41 bits per heavy atom. The number of aliphatic hydroxyl groups excluding tert-OH is 1. The molecule has 0 bridgehead atoms. The maximum Gasteiger partial charge on any atom is 0.410 e. The highest BCUT2D eigenvalue weighted by Gasteiger charge is 2.23. The first kappa shape index (κ1) is 16.6. The molecule has 22 heavy (non-hydrogen) atoms. The third-order valence-corrected chi connectivity index (χ3v) is 3.74. The minimum Gasteiger partial charge on any atom is -0.496 e. The topological polar surface area (TPSA) is 71.0 Å². The molecule has 1 amide bonds. The van der Waals surface area contributed by atoms with Crippen LogP contribution in [0.15, 0.2) is 12.1 Å². The first-order valence-corrected chi connectivity index (χ1v) is 7.61. The molecule has 0 aromatic heterocycles. The Bertz CT molecular complexity index is 519. The first-order valence-electron chi connectivity index (χ1n) is 7.61. The highest BCUT2D eigenvalue weighted by Crippen LogP contribution is 2.28. The van der Waals surface area contributed by atoms with Crippen LogP contribution >= 0.6 is 0 Å². The molecule has 1 aromatic rings. The summed E-state index contributed by atoms with van der Waals surface area (Å²) >= 11 is 0. The highest BCUT2D eigenvalue weighted by atomic mass is 16.6. The van der Waals surface area contributed by atoms with Crippen LogP contribution < -0.4 is 10.1 Å². The molecule has 0 atom stereocenters. The van der Waals surface area contributed by atoms with Crippen molar-refractivity contribution in [1.82, 2.24) is 10.2 Å². The van der Waals surface area contributed by atoms with Crippen LogP contribution in [0.4, 0.5) is 4.79 Å². The SMILES string of the molecule is CCOC(=O)N1CCc2cc(CNCCO)c(OC)cc2C1. The third kappa shape index (κ3) is 3.90. The molecule has 0 saturated carbocycles. The van der Waals surface area contributed by atoms with Crippen molar-refractivity contribution in [2.45, 2.75) is 26.4 Å². The second-order valence-corrected chi connectivity index (χ2v) is 5.20. The molecular formula is C16H24N2O4. The Labute approximate surface area is 131 Å². The lowest BCUT2D eigenvalue weighted by molar-refractivity contribution is 0.102. The summed E-state index contributed by atoms with van der Waals surface area (Å²) in [4.78, 5) is 13.6. The maximum atomic E-state index is 11.8. The van der Waals surface area contributed by atoms with Gasteiger partial charge in [-0.3, -0.25) is 0 Å². The lowest BCUT2D eigenvalue weighted by atomic mass is 9.96. The number of benzene rings is 1. The Balaban J connectivity index is 2.14. The van der Waals surface area contributed by atoms with Gasteiger partial charge < -0.3 is 24.8 Å². The molecule has 1 aromatic carbocycles. The van der Waals surface area contributed by atoms with Crippen LogP contribution in [0.3, 0.4) is 0 Å². The van der Waals surface area contributed by atoms with Gasteiger partial charge in [-0.1, -0.05) is 6.07 Å². The summed E-state index contributed by atoms with van der Waals surface area (Å²) in [5, 5.41) is 12.0. The number of rotatable bonds is 6. The fraction of sp³-hybridized carbons (Fsp3) is 0.562. The van der Waals surface area contributed by atoms with Crippen molar-refractivity contribution in [1.29, 1.82) is 0 Å². The smallest absolute Gasteiger partial charge is 0.410 e. The Morgan fingerprint density at radius 2 is 2.23 bits per heavy atom. The van der Waals surface area contributed by atoms with Gasteiger partial charge in [-0.25, -0.2) is 4.79 Å². The van der Waals surface area contributed by atoms with Crippen LogP contribution in [0.2, 0.25) is 0 Å². The molecule has 6 heteroatoms. The highest BCUT2D eigenvalue weighted by molar-refractivity contribution is 5.68. The predicted octanol–water partition coefficient (Wildman–Crippen LogP) is 1.29. The lowest BCUT2D eigenvalue weighted by Gasteiger charge is -2.29. The Hall–Kier alpha value is -1.79. The number of aliphatic hydroxyl groups is 1. The van der Waals surface area contributed by atoms with Gasteiger partial charge in [0.1, 0.15) is 5.75 Å². The fourth-order valence-electron chi connectivity index (χ4n) is 2.64. The van der Waals surface area contributed by atoms with Crippen molar-refractivity contribution in [2.24, 2.45) is 0 Å². The van der Waals surface area contributed by atoms with Gasteiger partial charge in [-0.05, 0) is 30.5 Å². The van der Waals surface area contributed by atoms with Gasteiger partial charge in [0.2, 0.25) is 0 Å². The number of nitrogens with zero attached hydrogens (tertiary/aromatic N) is 1. The van der Waals surface area contributed by atoms with Crippen LogP contribution in [0.5, 0.6) is 5.75 Å². The van der Waals surface area contributed by atoms with Crippen molar-refractivity contribution in [3.63, 3.8) is 0 Å². The molecule has 0 aliphatic carbocycles. The number of carbonyl (C=O) groups is 1. The van der Waals surface area contributed by atoms with E-state index in [1.54, 1.807) is 12.0 Å². The average molecular weight is 308 g/mol. The van der Waals surface area contributed by atoms with Gasteiger partial charge >= 0.3 is 6.09 Å². The van der Waals surface area contributed by atoms with Crippen molar-refractivity contribution < 1.29 is 19.4 Å². The minimum atomic E-state index is -0.263. The largest absolute Gasteiger partial charge is 0.496 e. The van der Waals surface area contributed by atoms with E-state index < -0.39 is 0 Å². The van der Waals surface area contributed by atoms with Gasteiger partial charge in [-0.15, -0.1) is 0 Å². The molecule has 6 nitrogen and oxygen atoms in total. The molecule has 2 rings (SSSR count). The van der Waals surface area contributed by atoms with Crippen LogP contribution in [0.1, 0.15) is 23.6 Å². The van der Waals surface area contributed by atoms with Crippen molar-refractivity contribution in [3.05, 3.63) is 28.8 Å². The van der Waals surface area contributed by atoms with E-state index in [1.807, 2.05) is 13.0 Å². The summed E-state index contributed by atoms with van der Waals surface area (Å²) in [6.45, 7) is 4.74. The van der Waals surface area contributed by atoms with E-state index in [-0.39, 0.29) is 12.7 Å². The second-order valence-electron chi connectivity index (χ2n) is 5.20. The zero-order valence-corrected chi connectivity index (χ0v) is 13.2. The predicted molar refractivity (Wildman–Crippen MR) is 82.9 cm³/mol. The van der Waals surface area contributed by atoms with E-state index in [0.717, 1.165) is 23.3 Å². The van der Waals surface area contributed by atoms with Gasteiger partial charge in [0.15, 0.2) is 0 Å². The van der Waals surface area contributed by atoms with E-state index in [1.165, 1.54) is 5.56 Å². The molecule has 0 fully saturated rings. The van der Waals surface area contributed by atoms with Crippen LogP contribution in [0.25, 0.3) is 0 Å². The average Bonchev–Trinajstić information content (AvgIpc) is 2.54. The molecule has 0 unspecified atom stereocenters. The van der Waals surface area contributed by atoms with Crippen LogP contribution in [-0.4, -0.2) is 49.5 Å². The van der Waals surface area contributed by atoms with Crippen LogP contribution in [0, 0.1) is 0 Å². The molecule has 1 aliphatic rings. The maximum absolute atomic E-state index is 11.8. The van der Waals surface area contributed by atoms with Gasteiger partial charge in [0.25, 0.3) is 0 Å². The normalized spacial score (nSPS) is 13.7. The Kier molecular flexibility index (Phi) is 6.03. The van der Waals surface area contributed by atoms with E-state index in [2.05, 4.69) is 11.4 Å². The van der Waals surface area contributed by atoms with Crippen molar-refractivity contribution in [2.75, 3.05) is 33.4 Å². The van der Waals surface area contributed by atoms with E-state index in [9.17, 15) is 4.79 Å². The number of amides is 1. The number of hydrogen-bond acceptors (Lipinski definition) is 5. The summed E-state index contributed by atoms with van der Waals surface area (Å²) in [6.07, 6.45) is 0.548. The van der Waals surface area contributed by atoms with E-state index >= 15 is 0 Å². The van der Waals surface area contributed by atoms with Crippen molar-refractivity contribution >= 4 is 6.09 Å². The molecule has 0 radical (unpaired) electrons. The summed E-state index contributed by atoms with van der Waals surface area (Å²) in [5.41, 5.74) is 3.41. The van der Waals surface area contributed by atoms with E-state index in [4.69, 9.17) is 14.6 Å². The molecule has 0 saturated heterocycles. The van der Waals surface area contributed by atoms with Gasteiger partial charge in [0, 0.05) is 31.7 Å². The summed E-state index contributed by atoms with van der Waals surface area (Å²) < 4.78 is 10.5. The van der Waals surface area contributed by atoms with Gasteiger partial charge in [-0.2, -0.15) is 0 Å². The van der Waals surface area contributed by atoms with Gasteiger partial charge in [0.05, 0.1) is 20.3 Å². The number of ether oxygens (including phenoxy) is 2. The quantitative estimate of drug-likeness (QED) is 0.775. The number of hydrogen-bond donors (Lipinski definition) is 2. The zero-order valence-electron chi connectivity index (χ0n) is 13.2. The Morgan fingerprint density at radius 3 is 2.91 bits per heavy atom. The van der Waals surface area contributed by atoms with Crippen molar-refractivity contribution in [3.8, 4) is 5.75 Å². The molecule has 122 valence electrons. The number of fused-ring (bicyclic) bond motifs is 1. The second kappa shape index (κ2) is 8.00. The molecular weight excluding hydrogens is 284 g/mol. The number of methoxy groups -OCH3 is 1. The lowest BCUT2D eigenvalue weighted by Crippen LogP contribution is -2.36. The molecule has 0 spiro atoms. The fourth-order valence-corrected chi connectivity index (χ4v) is 2.64. The molecule has 2 N–H and O–H groups in total. The standard InChI is InChI=1S/C16H24N2O4/c1-3-22-16(20)18-6-4-12-8-13(10-17-5-7-19)15(21-2)9-14(12)11-18/h8-9,17,19H,3-7,10-11H2,1-2H3. The van der Waals surface area contributed by atoms with E-state index in [0.29, 0.717) is 32.8 Å². The monoisotopic (exact) mass is 308 g/mol. The molecule has 1 aliphatic heterocycles. The number of nitrogens with one attached hydrogen (secondary N) is 1. The van der Waals surface area contributed by atoms with Crippen LogP contribution in [-0.2, 0) is 24.2 Å². The third-order valence-electron chi connectivity index (χ3n) is 3.74. The molecule has 1 heterocycles.